The Balaban J connectivity index is 1.75. The Morgan fingerprint density at radius 1 is 1.25 bits per heavy atom. The van der Waals surface area contributed by atoms with Gasteiger partial charge in [-0.05, 0) is 36.9 Å². The lowest BCUT2D eigenvalue weighted by Gasteiger charge is -2.29. The van der Waals surface area contributed by atoms with Gasteiger partial charge < -0.3 is 9.64 Å². The standard InChI is InChI=1S/C20H21N3O3S2/c1-13-5-3-4-6-16(13)23-19(25)15-7-12-27-17(15)21-20(23)28-14(2)18(24)22-8-10-26-11-9-22/h3-7,12,14H,8-11H2,1-2H3/t14-/m1/s1. The van der Waals surface area contributed by atoms with Crippen LogP contribution in [0.4, 0.5) is 0 Å². The van der Waals surface area contributed by atoms with Gasteiger partial charge in [0.2, 0.25) is 5.91 Å². The summed E-state index contributed by atoms with van der Waals surface area (Å²) < 4.78 is 6.97. The number of nitrogens with zero attached hydrogens (tertiary/aromatic N) is 3. The molecular formula is C20H21N3O3S2. The molecule has 146 valence electrons. The fourth-order valence-electron chi connectivity index (χ4n) is 3.25. The third-order valence-electron chi connectivity index (χ3n) is 4.78. The van der Waals surface area contributed by atoms with Gasteiger partial charge in [-0.25, -0.2) is 4.98 Å². The van der Waals surface area contributed by atoms with Crippen molar-refractivity contribution in [1.29, 1.82) is 0 Å². The van der Waals surface area contributed by atoms with Gasteiger partial charge in [0.25, 0.3) is 5.56 Å². The number of thioether (sulfide) groups is 1. The number of para-hydroxylation sites is 1. The second-order valence-corrected chi connectivity index (χ2v) is 8.86. The molecule has 0 saturated carbocycles. The number of fused-ring (bicyclic) bond motifs is 1. The monoisotopic (exact) mass is 415 g/mol. The molecule has 1 aliphatic heterocycles. The van der Waals surface area contributed by atoms with Gasteiger partial charge in [0.1, 0.15) is 4.83 Å². The normalized spacial score (nSPS) is 15.7. The average molecular weight is 416 g/mol. The van der Waals surface area contributed by atoms with Crippen LogP contribution in [0.2, 0.25) is 0 Å². The number of aryl methyl sites for hydroxylation is 1. The number of hydrogen-bond acceptors (Lipinski definition) is 6. The van der Waals surface area contributed by atoms with Crippen LogP contribution in [0.15, 0.2) is 45.7 Å². The summed E-state index contributed by atoms with van der Waals surface area (Å²) in [5.41, 5.74) is 1.67. The number of aromatic nitrogens is 2. The summed E-state index contributed by atoms with van der Waals surface area (Å²) in [4.78, 5) is 33.3. The van der Waals surface area contributed by atoms with Crippen molar-refractivity contribution in [2.75, 3.05) is 26.3 Å². The van der Waals surface area contributed by atoms with Crippen molar-refractivity contribution in [2.24, 2.45) is 0 Å². The van der Waals surface area contributed by atoms with Crippen LogP contribution in [0.3, 0.4) is 0 Å². The van der Waals surface area contributed by atoms with E-state index >= 15 is 0 Å². The SMILES string of the molecule is Cc1ccccc1-n1c(S[C@H](C)C(=O)N2CCOCC2)nc2sccc2c1=O. The zero-order valence-electron chi connectivity index (χ0n) is 15.8. The largest absolute Gasteiger partial charge is 0.378 e. The summed E-state index contributed by atoms with van der Waals surface area (Å²) in [6.07, 6.45) is 0. The summed E-state index contributed by atoms with van der Waals surface area (Å²) in [7, 11) is 0. The predicted octanol–water partition coefficient (Wildman–Crippen LogP) is 3.10. The molecule has 4 rings (SSSR count). The number of amides is 1. The Morgan fingerprint density at radius 2 is 2.00 bits per heavy atom. The van der Waals surface area contributed by atoms with Crippen molar-refractivity contribution < 1.29 is 9.53 Å². The lowest BCUT2D eigenvalue weighted by Crippen LogP contribution is -2.44. The average Bonchev–Trinajstić information content (AvgIpc) is 3.18. The van der Waals surface area contributed by atoms with E-state index in [1.54, 1.807) is 10.6 Å². The summed E-state index contributed by atoms with van der Waals surface area (Å²) in [5.74, 6) is 0.0464. The number of hydrogen-bond donors (Lipinski definition) is 0. The topological polar surface area (TPSA) is 64.4 Å². The Morgan fingerprint density at radius 3 is 2.75 bits per heavy atom. The number of morpholine rings is 1. The summed E-state index contributed by atoms with van der Waals surface area (Å²) >= 11 is 2.77. The van der Waals surface area contributed by atoms with Crippen LogP contribution in [-0.2, 0) is 9.53 Å². The minimum Gasteiger partial charge on any atom is -0.378 e. The quantitative estimate of drug-likeness (QED) is 0.484. The van der Waals surface area contributed by atoms with Gasteiger partial charge in [-0.1, -0.05) is 30.0 Å². The van der Waals surface area contributed by atoms with Crippen molar-refractivity contribution in [1.82, 2.24) is 14.5 Å². The van der Waals surface area contributed by atoms with Crippen LogP contribution in [0.5, 0.6) is 0 Å². The van der Waals surface area contributed by atoms with E-state index in [1.807, 2.05) is 48.4 Å². The van der Waals surface area contributed by atoms with Crippen LogP contribution in [0, 0.1) is 6.92 Å². The lowest BCUT2D eigenvalue weighted by atomic mass is 10.2. The molecule has 3 aromatic rings. The van der Waals surface area contributed by atoms with Crippen molar-refractivity contribution in [3.63, 3.8) is 0 Å². The van der Waals surface area contributed by atoms with Crippen LogP contribution in [0.25, 0.3) is 15.9 Å². The van der Waals surface area contributed by atoms with Crippen molar-refractivity contribution >= 4 is 39.2 Å². The number of thiophene rings is 1. The second kappa shape index (κ2) is 8.06. The minimum absolute atomic E-state index is 0.0464. The third kappa shape index (κ3) is 3.59. The van der Waals surface area contributed by atoms with Gasteiger partial charge in [-0.3, -0.25) is 14.2 Å². The molecule has 1 atom stereocenters. The molecule has 1 saturated heterocycles. The zero-order chi connectivity index (χ0) is 19.7. The highest BCUT2D eigenvalue weighted by Gasteiger charge is 2.26. The minimum atomic E-state index is -0.349. The van der Waals surface area contributed by atoms with E-state index in [0.717, 1.165) is 11.3 Å². The predicted molar refractivity (Wildman–Crippen MR) is 113 cm³/mol. The lowest BCUT2D eigenvalue weighted by molar-refractivity contribution is -0.134. The van der Waals surface area contributed by atoms with E-state index in [0.29, 0.717) is 41.7 Å². The number of benzene rings is 1. The fourth-order valence-corrected chi connectivity index (χ4v) is 5.06. The molecule has 0 radical (unpaired) electrons. The summed E-state index contributed by atoms with van der Waals surface area (Å²) in [5, 5.41) is 2.67. The van der Waals surface area contributed by atoms with Gasteiger partial charge in [0.05, 0.1) is 29.5 Å². The van der Waals surface area contributed by atoms with Crippen LogP contribution >= 0.6 is 23.1 Å². The van der Waals surface area contributed by atoms with E-state index in [-0.39, 0.29) is 16.7 Å². The van der Waals surface area contributed by atoms with Gasteiger partial charge in [0, 0.05) is 13.1 Å². The maximum Gasteiger partial charge on any atom is 0.267 e. The molecule has 0 spiro atoms. The maximum atomic E-state index is 13.2. The van der Waals surface area contributed by atoms with Crippen molar-refractivity contribution in [2.45, 2.75) is 24.3 Å². The van der Waals surface area contributed by atoms with Crippen molar-refractivity contribution in [3.8, 4) is 5.69 Å². The number of carbonyl (C=O) groups is 1. The van der Waals surface area contributed by atoms with E-state index < -0.39 is 0 Å². The maximum absolute atomic E-state index is 13.2. The number of ether oxygens (including phenoxy) is 1. The molecule has 8 heteroatoms. The van der Waals surface area contributed by atoms with E-state index in [4.69, 9.17) is 9.72 Å². The highest BCUT2D eigenvalue weighted by molar-refractivity contribution is 8.00. The van der Waals surface area contributed by atoms with Gasteiger partial charge >= 0.3 is 0 Å². The Labute approximate surface area is 171 Å². The number of rotatable bonds is 4. The fraction of sp³-hybridized carbons (Fsp3) is 0.350. The molecule has 1 aliphatic rings. The molecule has 0 unspecified atom stereocenters. The van der Waals surface area contributed by atoms with Gasteiger partial charge in [-0.2, -0.15) is 0 Å². The molecule has 28 heavy (non-hydrogen) atoms. The van der Waals surface area contributed by atoms with E-state index in [9.17, 15) is 9.59 Å². The first-order chi connectivity index (χ1) is 13.6. The van der Waals surface area contributed by atoms with Gasteiger partial charge in [0.15, 0.2) is 5.16 Å². The van der Waals surface area contributed by atoms with Crippen LogP contribution < -0.4 is 5.56 Å². The first kappa shape index (κ1) is 19.2. The van der Waals surface area contributed by atoms with Crippen molar-refractivity contribution in [3.05, 3.63) is 51.6 Å². The third-order valence-corrected chi connectivity index (χ3v) is 6.62. The molecule has 6 nitrogen and oxygen atoms in total. The van der Waals surface area contributed by atoms with E-state index in [2.05, 4.69) is 0 Å². The smallest absolute Gasteiger partial charge is 0.267 e. The first-order valence-electron chi connectivity index (χ1n) is 9.15. The molecule has 1 aromatic carbocycles. The Bertz CT molecular complexity index is 1070. The molecule has 0 N–H and O–H groups in total. The zero-order valence-corrected chi connectivity index (χ0v) is 17.4. The molecule has 3 heterocycles. The highest BCUT2D eigenvalue weighted by Crippen LogP contribution is 2.28. The molecule has 0 bridgehead atoms. The second-order valence-electron chi connectivity index (χ2n) is 6.66. The highest BCUT2D eigenvalue weighted by atomic mass is 32.2. The van der Waals surface area contributed by atoms with Crippen LogP contribution in [0.1, 0.15) is 12.5 Å². The van der Waals surface area contributed by atoms with E-state index in [1.165, 1.54) is 23.1 Å². The molecule has 2 aromatic heterocycles. The van der Waals surface area contributed by atoms with Crippen LogP contribution in [-0.4, -0.2) is 51.9 Å². The molecule has 1 fully saturated rings. The summed E-state index contributed by atoms with van der Waals surface area (Å²) in [6, 6.07) is 9.54. The first-order valence-corrected chi connectivity index (χ1v) is 10.9. The Hall–Kier alpha value is -2.16. The Kier molecular flexibility index (Phi) is 5.52. The summed E-state index contributed by atoms with van der Waals surface area (Å²) in [6.45, 7) is 6.18. The molecular weight excluding hydrogens is 394 g/mol. The molecule has 0 aliphatic carbocycles. The molecule has 1 amide bonds. The number of carbonyl (C=O) groups excluding carboxylic acids is 1. The van der Waals surface area contributed by atoms with Gasteiger partial charge in [-0.15, -0.1) is 11.3 Å².